The number of aryl methyl sites for hydroxylation is 1. The van der Waals surface area contributed by atoms with Gasteiger partial charge in [-0.15, -0.1) is 36.4 Å². The molecule has 1 fully saturated rings. The first-order chi connectivity index (χ1) is 30.9. The minimum atomic E-state index is -1.43. The Labute approximate surface area is 396 Å². The van der Waals surface area contributed by atoms with Gasteiger partial charge < -0.3 is 18.4 Å². The molecule has 4 heterocycles. The monoisotopic (exact) mass is 1050 g/mol. The number of pyridine rings is 1. The first-order valence-corrected chi connectivity index (χ1v) is 26.2. The summed E-state index contributed by atoms with van der Waals surface area (Å²) in [6.07, 6.45) is 8.81. The van der Waals surface area contributed by atoms with Crippen LogP contribution in [-0.4, -0.2) is 27.6 Å². The number of oxazole rings is 1. The van der Waals surface area contributed by atoms with E-state index in [1.807, 2.05) is 49.4 Å². The molecule has 1 aliphatic carbocycles. The summed E-state index contributed by atoms with van der Waals surface area (Å²) < 4.78 is 14.5. The van der Waals surface area contributed by atoms with Crippen LogP contribution < -0.4 is 5.19 Å². The molecule has 65 heavy (non-hydrogen) atoms. The Kier molecular flexibility index (Phi) is 12.1. The zero-order chi connectivity index (χ0) is 44.2. The normalized spacial score (nSPS) is 13.4. The fourth-order valence-electron chi connectivity index (χ4n) is 9.54. The molecule has 4 aromatic heterocycles. The van der Waals surface area contributed by atoms with Crippen molar-refractivity contribution in [1.82, 2.24) is 19.5 Å². The van der Waals surface area contributed by atoms with Gasteiger partial charge in [0.2, 0.25) is 0 Å². The standard InChI is InChI=1S/C35H27N2O.C22H27N2OSi.Ir/c1-35(2,3)24-20-21-30(28(22-24)23-12-5-4-6-13-23)37-31-18-9-8-17-29(31)36-34(37)27-16-11-15-26-25-14-7-10-19-32(25)38-33(26)27;1-15-24-19-11-7-10-18(22(19)25-15)20-13-17(12-16-8-5-6-9-16)21(14-23-20)26(2,3)4;/h4-15,17-22H,1-3H3;7,11,13-14,16H,5-6,8-9,12H2,1-4H3;/q2*-1;. The quantitative estimate of drug-likeness (QED) is 0.117. The summed E-state index contributed by atoms with van der Waals surface area (Å²) in [6.45, 7) is 15.9. The van der Waals surface area contributed by atoms with Crippen molar-refractivity contribution in [3.05, 3.63) is 163 Å². The fourth-order valence-corrected chi connectivity index (χ4v) is 11.1. The summed E-state index contributed by atoms with van der Waals surface area (Å²) in [7, 11) is -1.43. The van der Waals surface area contributed by atoms with Crippen LogP contribution in [0.5, 0.6) is 0 Å². The number of imidazole rings is 1. The number of para-hydroxylation sites is 3. The second-order valence-electron chi connectivity index (χ2n) is 19.4. The third-order valence-corrected chi connectivity index (χ3v) is 14.9. The number of benzene rings is 6. The van der Waals surface area contributed by atoms with Crippen molar-refractivity contribution in [1.29, 1.82) is 0 Å². The number of hydrogen-bond donors (Lipinski definition) is 0. The minimum absolute atomic E-state index is 0. The molecule has 0 spiro atoms. The van der Waals surface area contributed by atoms with E-state index in [1.165, 1.54) is 59.5 Å². The van der Waals surface area contributed by atoms with Crippen molar-refractivity contribution in [2.75, 3.05) is 0 Å². The van der Waals surface area contributed by atoms with Crippen LogP contribution in [0.15, 0.2) is 142 Å². The van der Waals surface area contributed by atoms with Gasteiger partial charge in [0, 0.05) is 55.4 Å². The summed E-state index contributed by atoms with van der Waals surface area (Å²) in [4.78, 5) is 14.4. The number of aromatic nitrogens is 4. The largest absolute Gasteiger partial charge is 0.501 e. The number of furan rings is 1. The average Bonchev–Trinajstić information content (AvgIpc) is 4.11. The average molecular weight is 1050 g/mol. The summed E-state index contributed by atoms with van der Waals surface area (Å²) in [5.74, 6) is 2.33. The molecule has 0 aliphatic heterocycles. The number of fused-ring (bicyclic) bond motifs is 5. The molecule has 0 saturated heterocycles. The molecule has 0 amide bonds. The molecule has 0 N–H and O–H groups in total. The molecule has 1 saturated carbocycles. The molecule has 11 rings (SSSR count). The van der Waals surface area contributed by atoms with Crippen molar-refractivity contribution < 1.29 is 28.9 Å². The van der Waals surface area contributed by atoms with E-state index in [0.717, 1.165) is 78.3 Å². The molecule has 10 aromatic rings. The molecule has 329 valence electrons. The fraction of sp³-hybridized carbons (Fsp3) is 0.246. The molecular weight excluding hydrogens is 993 g/mol. The van der Waals surface area contributed by atoms with Gasteiger partial charge in [0.05, 0.1) is 36.1 Å². The van der Waals surface area contributed by atoms with E-state index in [4.69, 9.17) is 18.8 Å². The topological polar surface area (TPSA) is 69.9 Å². The second kappa shape index (κ2) is 17.8. The summed E-state index contributed by atoms with van der Waals surface area (Å²) in [5, 5.41) is 3.66. The van der Waals surface area contributed by atoms with Gasteiger partial charge in [-0.2, -0.15) is 0 Å². The van der Waals surface area contributed by atoms with Crippen LogP contribution in [0.25, 0.3) is 83.5 Å². The Morgan fingerprint density at radius 3 is 2.23 bits per heavy atom. The zero-order valence-electron chi connectivity index (χ0n) is 38.3. The van der Waals surface area contributed by atoms with E-state index in [0.29, 0.717) is 5.89 Å². The van der Waals surface area contributed by atoms with E-state index >= 15 is 0 Å². The maximum absolute atomic E-state index is 6.42. The van der Waals surface area contributed by atoms with E-state index in [9.17, 15) is 0 Å². The van der Waals surface area contributed by atoms with Crippen molar-refractivity contribution >= 4 is 57.3 Å². The maximum atomic E-state index is 6.42. The van der Waals surface area contributed by atoms with Crippen LogP contribution in [0.3, 0.4) is 0 Å². The number of rotatable bonds is 7. The molecule has 0 atom stereocenters. The van der Waals surface area contributed by atoms with Crippen LogP contribution in [0.1, 0.15) is 63.5 Å². The van der Waals surface area contributed by atoms with Gasteiger partial charge in [-0.1, -0.05) is 161 Å². The van der Waals surface area contributed by atoms with E-state index in [2.05, 4.69) is 153 Å². The van der Waals surface area contributed by atoms with Gasteiger partial charge in [0.15, 0.2) is 5.89 Å². The molecule has 1 radical (unpaired) electrons. The Morgan fingerprint density at radius 2 is 1.45 bits per heavy atom. The zero-order valence-corrected chi connectivity index (χ0v) is 41.6. The second-order valence-corrected chi connectivity index (χ2v) is 24.5. The van der Waals surface area contributed by atoms with Gasteiger partial charge in [-0.25, -0.2) is 4.98 Å². The maximum Gasteiger partial charge on any atom is 0.180 e. The molecule has 1 aliphatic rings. The molecule has 0 unspecified atom stereocenters. The van der Waals surface area contributed by atoms with Crippen LogP contribution in [0, 0.1) is 25.0 Å². The first-order valence-electron chi connectivity index (χ1n) is 22.7. The van der Waals surface area contributed by atoms with Gasteiger partial charge in [-0.3, -0.25) is 4.98 Å². The van der Waals surface area contributed by atoms with E-state index < -0.39 is 8.07 Å². The van der Waals surface area contributed by atoms with Gasteiger partial charge in [-0.05, 0) is 70.1 Å². The Hall–Kier alpha value is -5.92. The third-order valence-electron chi connectivity index (χ3n) is 12.8. The Morgan fingerprint density at radius 1 is 0.723 bits per heavy atom. The van der Waals surface area contributed by atoms with Crippen molar-refractivity contribution in [2.24, 2.45) is 5.92 Å². The SMILES string of the molecule is CC(C)(C)c1ccc(-n2c(-c3[c-]ccc4c3oc3ccccc34)nc3ccccc32)c(-c2ccccc2)c1.Cc1nc2cc[c-]c(-c3cc(CC4CCCC4)c([Si](C)(C)C)cn3)c2o1.[Ir]. The van der Waals surface area contributed by atoms with Crippen LogP contribution >= 0.6 is 0 Å². The molecule has 6 aromatic carbocycles. The van der Waals surface area contributed by atoms with E-state index in [1.54, 1.807) is 0 Å². The molecule has 8 heteroatoms. The first kappa shape index (κ1) is 44.3. The van der Waals surface area contributed by atoms with Gasteiger partial charge in [0.1, 0.15) is 5.58 Å². The van der Waals surface area contributed by atoms with Gasteiger partial charge in [0.25, 0.3) is 0 Å². The van der Waals surface area contributed by atoms with Crippen molar-refractivity contribution in [2.45, 2.75) is 84.9 Å². The minimum Gasteiger partial charge on any atom is -0.501 e. The van der Waals surface area contributed by atoms with Gasteiger partial charge >= 0.3 is 0 Å². The predicted molar refractivity (Wildman–Crippen MR) is 266 cm³/mol. The van der Waals surface area contributed by atoms with Crippen LogP contribution in [0.4, 0.5) is 0 Å². The Bertz CT molecular complexity index is 3310. The van der Waals surface area contributed by atoms with E-state index in [-0.39, 0.29) is 25.5 Å². The summed E-state index contributed by atoms with van der Waals surface area (Å²) in [6, 6.07) is 50.9. The smallest absolute Gasteiger partial charge is 0.180 e. The van der Waals surface area contributed by atoms with Crippen LogP contribution in [0.2, 0.25) is 19.6 Å². The van der Waals surface area contributed by atoms with Crippen LogP contribution in [-0.2, 0) is 31.9 Å². The third kappa shape index (κ3) is 8.68. The molecule has 6 nitrogen and oxygen atoms in total. The number of hydrogen-bond acceptors (Lipinski definition) is 5. The summed E-state index contributed by atoms with van der Waals surface area (Å²) in [5.41, 5.74) is 14.3. The van der Waals surface area contributed by atoms with Crippen molar-refractivity contribution in [3.63, 3.8) is 0 Å². The Balaban J connectivity index is 0.000000173. The number of nitrogens with zero attached hydrogens (tertiary/aromatic N) is 4. The molecule has 0 bridgehead atoms. The summed E-state index contributed by atoms with van der Waals surface area (Å²) >= 11 is 0. The predicted octanol–water partition coefficient (Wildman–Crippen LogP) is 14.6. The van der Waals surface area contributed by atoms with Crippen molar-refractivity contribution in [3.8, 4) is 39.5 Å². The molecular formula is C57H54IrN4O2Si-2.